The molecule has 13 heteroatoms. The first-order valence-electron chi connectivity index (χ1n) is 21.8. The van der Waals surface area contributed by atoms with Crippen molar-refractivity contribution in [2.75, 3.05) is 19.0 Å². The minimum absolute atomic E-state index is 0.109. The molecule has 1 rings (SSSR count). The number of aliphatic hydroxyl groups excluding tert-OH is 3. The number of ether oxygens (including phenoxy) is 4. The topological polar surface area (TPSA) is 186 Å². The van der Waals surface area contributed by atoms with Gasteiger partial charge >= 0.3 is 11.9 Å². The van der Waals surface area contributed by atoms with Gasteiger partial charge in [-0.25, -0.2) is 0 Å². The van der Waals surface area contributed by atoms with Gasteiger partial charge in [-0.2, -0.15) is 8.42 Å². The summed E-state index contributed by atoms with van der Waals surface area (Å²) < 4.78 is 54.0. The lowest BCUT2D eigenvalue weighted by molar-refractivity contribution is -0.297. The predicted molar refractivity (Wildman–Crippen MR) is 229 cm³/mol. The zero-order chi connectivity index (χ0) is 42.7. The number of unbranched alkanes of at least 4 members (excludes halogenated alkanes) is 13. The van der Waals surface area contributed by atoms with Crippen LogP contribution in [0.1, 0.15) is 155 Å². The Hall–Kier alpha value is -2.65. The van der Waals surface area contributed by atoms with Crippen molar-refractivity contribution in [2.24, 2.45) is 0 Å². The van der Waals surface area contributed by atoms with Crippen LogP contribution in [0.3, 0.4) is 0 Å². The summed E-state index contributed by atoms with van der Waals surface area (Å²) in [5.41, 5.74) is 0. The van der Waals surface area contributed by atoms with Gasteiger partial charge in [0, 0.05) is 12.8 Å². The quantitative estimate of drug-likeness (QED) is 0.0207. The van der Waals surface area contributed by atoms with Gasteiger partial charge in [-0.15, -0.1) is 0 Å². The molecule has 334 valence electrons. The van der Waals surface area contributed by atoms with Gasteiger partial charge in [-0.1, -0.05) is 132 Å². The van der Waals surface area contributed by atoms with Crippen molar-refractivity contribution in [3.63, 3.8) is 0 Å². The summed E-state index contributed by atoms with van der Waals surface area (Å²) in [6, 6.07) is 0. The highest BCUT2D eigenvalue weighted by atomic mass is 32.2. The fourth-order valence-corrected chi connectivity index (χ4v) is 6.87. The summed E-state index contributed by atoms with van der Waals surface area (Å²) in [5, 5.41) is 30.8. The number of allylic oxidation sites excluding steroid dienone is 10. The van der Waals surface area contributed by atoms with Crippen molar-refractivity contribution in [3.8, 4) is 0 Å². The number of rotatable bonds is 35. The highest BCUT2D eigenvalue weighted by Gasteiger charge is 2.46. The van der Waals surface area contributed by atoms with Crippen molar-refractivity contribution >= 4 is 22.1 Å². The molecule has 58 heavy (non-hydrogen) atoms. The summed E-state index contributed by atoms with van der Waals surface area (Å²) in [6.45, 7) is 3.56. The van der Waals surface area contributed by atoms with Crippen LogP contribution in [0.15, 0.2) is 60.8 Å². The van der Waals surface area contributed by atoms with E-state index in [2.05, 4.69) is 74.6 Å². The molecule has 0 saturated carbocycles. The Balaban J connectivity index is 2.50. The monoisotopic (exact) mass is 841 g/mol. The molecule has 0 bridgehead atoms. The van der Waals surface area contributed by atoms with Gasteiger partial charge in [0.2, 0.25) is 0 Å². The van der Waals surface area contributed by atoms with E-state index in [0.29, 0.717) is 12.8 Å². The molecule has 0 spiro atoms. The Morgan fingerprint density at radius 2 is 1.09 bits per heavy atom. The maximum Gasteiger partial charge on any atom is 0.306 e. The fraction of sp³-hybridized carbons (Fsp3) is 0.733. The average Bonchev–Trinajstić information content (AvgIpc) is 3.18. The minimum Gasteiger partial charge on any atom is -0.462 e. The Morgan fingerprint density at radius 1 is 0.603 bits per heavy atom. The zero-order valence-corrected chi connectivity index (χ0v) is 36.2. The maximum atomic E-state index is 12.8. The van der Waals surface area contributed by atoms with E-state index in [9.17, 15) is 37.9 Å². The molecule has 4 N–H and O–H groups in total. The van der Waals surface area contributed by atoms with Crippen LogP contribution in [-0.4, -0.2) is 96.0 Å². The van der Waals surface area contributed by atoms with E-state index < -0.39 is 71.2 Å². The van der Waals surface area contributed by atoms with Crippen molar-refractivity contribution < 1.29 is 56.8 Å². The van der Waals surface area contributed by atoms with E-state index in [0.717, 1.165) is 64.2 Å². The second-order valence-electron chi connectivity index (χ2n) is 15.0. The van der Waals surface area contributed by atoms with Crippen molar-refractivity contribution in [2.45, 2.75) is 192 Å². The molecule has 1 saturated heterocycles. The highest BCUT2D eigenvalue weighted by molar-refractivity contribution is 7.85. The Kier molecular flexibility index (Phi) is 32.3. The molecule has 0 radical (unpaired) electrons. The summed E-state index contributed by atoms with van der Waals surface area (Å²) in [7, 11) is -4.61. The third-order valence-electron chi connectivity index (χ3n) is 9.58. The number of esters is 2. The molecule has 2 unspecified atom stereocenters. The van der Waals surface area contributed by atoms with E-state index in [1.165, 1.54) is 51.4 Å². The molecule has 1 heterocycles. The molecule has 12 nitrogen and oxygen atoms in total. The van der Waals surface area contributed by atoms with Crippen LogP contribution >= 0.6 is 0 Å². The molecule has 0 aromatic carbocycles. The van der Waals surface area contributed by atoms with Crippen molar-refractivity contribution in [1.29, 1.82) is 0 Å². The van der Waals surface area contributed by atoms with E-state index >= 15 is 0 Å². The number of hydrogen-bond donors (Lipinski definition) is 4. The summed E-state index contributed by atoms with van der Waals surface area (Å²) in [4.78, 5) is 25.4. The normalized spacial score (nSPS) is 21.0. The Labute approximate surface area is 349 Å². The largest absolute Gasteiger partial charge is 0.462 e. The molecule has 0 aromatic heterocycles. The maximum absolute atomic E-state index is 12.8. The first kappa shape index (κ1) is 53.4. The SMILES string of the molecule is CC/C=C/C/C=C/C/C=C/C/C=C/CCCCC(=O)O[C@H](COC(=O)CCCCCCCCCCC/C=C/CCCC)CO[C@H]1O[C@H](CS(=O)(=O)O)[C@@H](O)C(O)C1O. The second kappa shape index (κ2) is 35.1. The van der Waals surface area contributed by atoms with Gasteiger partial charge in [-0.3, -0.25) is 14.1 Å². The molecule has 1 aliphatic heterocycles. The lowest BCUT2D eigenvalue weighted by atomic mass is 10.00. The molecule has 0 aliphatic carbocycles. The first-order chi connectivity index (χ1) is 28.0. The summed E-state index contributed by atoms with van der Waals surface area (Å²) >= 11 is 0. The van der Waals surface area contributed by atoms with Crippen LogP contribution < -0.4 is 0 Å². The number of hydrogen-bond acceptors (Lipinski definition) is 11. The van der Waals surface area contributed by atoms with Crippen molar-refractivity contribution in [1.82, 2.24) is 0 Å². The summed E-state index contributed by atoms with van der Waals surface area (Å²) in [5.74, 6) is -2.05. The highest BCUT2D eigenvalue weighted by Crippen LogP contribution is 2.24. The second-order valence-corrected chi connectivity index (χ2v) is 16.5. The molecular weight excluding hydrogens is 765 g/mol. The fourth-order valence-electron chi connectivity index (χ4n) is 6.18. The van der Waals surface area contributed by atoms with Gasteiger partial charge in [0.05, 0.1) is 6.61 Å². The molecule has 0 amide bonds. The Morgan fingerprint density at radius 3 is 1.67 bits per heavy atom. The van der Waals surface area contributed by atoms with Crippen LogP contribution in [0.2, 0.25) is 0 Å². The van der Waals surface area contributed by atoms with Crippen LogP contribution in [0.5, 0.6) is 0 Å². The first-order valence-corrected chi connectivity index (χ1v) is 23.5. The van der Waals surface area contributed by atoms with Gasteiger partial charge in [0.1, 0.15) is 36.8 Å². The lowest BCUT2D eigenvalue weighted by Gasteiger charge is -2.40. The molecule has 1 aliphatic rings. The van der Waals surface area contributed by atoms with E-state index in [1.807, 2.05) is 0 Å². The molecule has 0 aromatic rings. The molecular formula is C45H76O12S. The van der Waals surface area contributed by atoms with Gasteiger partial charge in [0.15, 0.2) is 12.4 Å². The van der Waals surface area contributed by atoms with Crippen LogP contribution in [0.25, 0.3) is 0 Å². The third-order valence-corrected chi connectivity index (χ3v) is 10.3. The van der Waals surface area contributed by atoms with Crippen LogP contribution in [-0.2, 0) is 38.7 Å². The van der Waals surface area contributed by atoms with Gasteiger partial charge in [0.25, 0.3) is 10.1 Å². The summed E-state index contributed by atoms with van der Waals surface area (Å²) in [6.07, 6.45) is 32.7. The minimum atomic E-state index is -4.61. The van der Waals surface area contributed by atoms with Crippen LogP contribution in [0.4, 0.5) is 0 Å². The number of carbonyl (C=O) groups excluding carboxylic acids is 2. The lowest BCUT2D eigenvalue weighted by Crippen LogP contribution is -2.60. The van der Waals surface area contributed by atoms with Crippen molar-refractivity contribution in [3.05, 3.63) is 60.8 Å². The molecule has 1 fully saturated rings. The van der Waals surface area contributed by atoms with E-state index in [-0.39, 0.29) is 19.4 Å². The van der Waals surface area contributed by atoms with Crippen LogP contribution in [0, 0.1) is 0 Å². The standard InChI is InChI=1S/C45H76O12S/c1-3-5-7-9-11-13-15-17-19-21-23-25-27-29-31-33-40(46)54-35-38(36-55-45-44(50)43(49)42(48)39(57-45)37-58(51,52)53)56-41(47)34-32-30-28-26-24-22-20-18-16-14-12-10-8-6-4-2/h6,8-9,11-12,14,18,20,24,26,38-39,42-45,48-50H,3-5,7,10,13,15-17,19,21-23,25,27-37H2,1-2H3,(H,51,52,53)/b8-6+,11-9+,14-12+,20-18+,26-24+/t38-,39-,42-,43?,44?,45+/m1/s1. The Bertz CT molecular complexity index is 1310. The molecule has 6 atom stereocenters. The van der Waals surface area contributed by atoms with E-state index in [4.69, 9.17) is 18.9 Å². The smallest absolute Gasteiger partial charge is 0.306 e. The zero-order valence-electron chi connectivity index (χ0n) is 35.4. The van der Waals surface area contributed by atoms with E-state index in [1.54, 1.807) is 0 Å². The average molecular weight is 841 g/mol. The number of carbonyl (C=O) groups is 2. The predicted octanol–water partition coefficient (Wildman–Crippen LogP) is 8.56. The third kappa shape index (κ3) is 29.5. The van der Waals surface area contributed by atoms with Gasteiger partial charge < -0.3 is 34.3 Å². The number of aliphatic hydroxyl groups is 3. The van der Waals surface area contributed by atoms with Gasteiger partial charge in [-0.05, 0) is 70.6 Å².